The molecular formula is C14H20N2O3. The molecule has 1 heterocycles. The normalized spacial score (nSPS) is 17.8. The van der Waals surface area contributed by atoms with E-state index < -0.39 is 5.54 Å². The number of amides is 1. The van der Waals surface area contributed by atoms with Crippen LogP contribution in [0.25, 0.3) is 0 Å². The molecule has 2 rings (SSSR count). The smallest absolute Gasteiger partial charge is 0.244 e. The van der Waals surface area contributed by atoms with Gasteiger partial charge in [0.1, 0.15) is 11.3 Å². The van der Waals surface area contributed by atoms with Crippen LogP contribution in [0.3, 0.4) is 0 Å². The Morgan fingerprint density at radius 3 is 2.74 bits per heavy atom. The Balaban J connectivity index is 2.14. The number of nitrogens with two attached hydrogens (primary N) is 1. The van der Waals surface area contributed by atoms with Crippen LogP contribution in [0.4, 0.5) is 5.69 Å². The summed E-state index contributed by atoms with van der Waals surface area (Å²) in [6.07, 6.45) is 1.07. The van der Waals surface area contributed by atoms with E-state index in [2.05, 4.69) is 5.32 Å². The van der Waals surface area contributed by atoms with Crippen LogP contribution >= 0.6 is 0 Å². The van der Waals surface area contributed by atoms with Gasteiger partial charge in [-0.3, -0.25) is 4.79 Å². The van der Waals surface area contributed by atoms with Gasteiger partial charge in [-0.1, -0.05) is 6.07 Å². The molecule has 5 heteroatoms. The first-order chi connectivity index (χ1) is 9.05. The molecule has 1 aliphatic heterocycles. The molecule has 1 aromatic rings. The fourth-order valence-corrected chi connectivity index (χ4v) is 2.11. The Morgan fingerprint density at radius 1 is 1.42 bits per heavy atom. The molecule has 0 spiro atoms. The maximum absolute atomic E-state index is 12.3. The second-order valence-electron chi connectivity index (χ2n) is 4.93. The van der Waals surface area contributed by atoms with Crippen molar-refractivity contribution in [1.29, 1.82) is 0 Å². The lowest BCUT2D eigenvalue weighted by Gasteiger charge is -2.31. The number of ether oxygens (including phenoxy) is 2. The zero-order valence-corrected chi connectivity index (χ0v) is 11.4. The van der Waals surface area contributed by atoms with E-state index in [-0.39, 0.29) is 5.91 Å². The maximum atomic E-state index is 12.3. The number of rotatable bonds is 3. The summed E-state index contributed by atoms with van der Waals surface area (Å²) < 4.78 is 10.5. The van der Waals surface area contributed by atoms with Gasteiger partial charge >= 0.3 is 0 Å². The minimum atomic E-state index is -0.853. The number of nitrogens with one attached hydrogen (secondary N) is 1. The van der Waals surface area contributed by atoms with Crippen molar-refractivity contribution in [2.45, 2.75) is 25.3 Å². The van der Waals surface area contributed by atoms with Gasteiger partial charge in [-0.25, -0.2) is 0 Å². The lowest BCUT2D eigenvalue weighted by Crippen LogP contribution is -2.54. The molecule has 0 atom stereocenters. The minimum Gasteiger partial charge on any atom is -0.495 e. The van der Waals surface area contributed by atoms with E-state index in [4.69, 9.17) is 15.2 Å². The summed E-state index contributed by atoms with van der Waals surface area (Å²) in [5.74, 6) is 0.460. The molecule has 19 heavy (non-hydrogen) atoms. The second-order valence-corrected chi connectivity index (χ2v) is 4.93. The number of carbonyl (C=O) groups excluding carboxylic acids is 1. The van der Waals surface area contributed by atoms with Gasteiger partial charge in [0.15, 0.2) is 0 Å². The zero-order valence-electron chi connectivity index (χ0n) is 11.4. The first kappa shape index (κ1) is 13.8. The Labute approximate surface area is 113 Å². The fraction of sp³-hybridized carbons (Fsp3) is 0.500. The molecule has 1 saturated heterocycles. The Hall–Kier alpha value is -1.59. The van der Waals surface area contributed by atoms with E-state index in [9.17, 15) is 4.79 Å². The number of benzene rings is 1. The van der Waals surface area contributed by atoms with Crippen molar-refractivity contribution in [3.05, 3.63) is 23.8 Å². The van der Waals surface area contributed by atoms with Crippen molar-refractivity contribution in [3.8, 4) is 5.75 Å². The van der Waals surface area contributed by atoms with Gasteiger partial charge in [-0.05, 0) is 37.5 Å². The van der Waals surface area contributed by atoms with E-state index in [0.29, 0.717) is 37.5 Å². The van der Waals surface area contributed by atoms with Crippen LogP contribution < -0.4 is 15.8 Å². The first-order valence-electron chi connectivity index (χ1n) is 6.38. The average Bonchev–Trinajstić information content (AvgIpc) is 2.41. The third-order valence-corrected chi connectivity index (χ3v) is 3.44. The molecular weight excluding hydrogens is 244 g/mol. The van der Waals surface area contributed by atoms with Gasteiger partial charge < -0.3 is 20.5 Å². The summed E-state index contributed by atoms with van der Waals surface area (Å²) in [7, 11) is 1.58. The highest BCUT2D eigenvalue weighted by molar-refractivity contribution is 5.99. The highest BCUT2D eigenvalue weighted by Crippen LogP contribution is 2.27. The minimum absolute atomic E-state index is 0.182. The molecule has 3 N–H and O–H groups in total. The summed E-state index contributed by atoms with van der Waals surface area (Å²) in [6.45, 7) is 3.01. The molecule has 5 nitrogen and oxygen atoms in total. The van der Waals surface area contributed by atoms with E-state index in [0.717, 1.165) is 5.56 Å². The summed E-state index contributed by atoms with van der Waals surface area (Å²) >= 11 is 0. The van der Waals surface area contributed by atoms with E-state index in [1.165, 1.54) is 0 Å². The Bertz CT molecular complexity index is 468. The summed E-state index contributed by atoms with van der Waals surface area (Å²) in [5, 5.41) is 2.85. The highest BCUT2D eigenvalue weighted by atomic mass is 16.5. The van der Waals surface area contributed by atoms with Crippen molar-refractivity contribution in [2.75, 3.05) is 25.6 Å². The first-order valence-corrected chi connectivity index (χ1v) is 6.38. The topological polar surface area (TPSA) is 73.6 Å². The summed E-state index contributed by atoms with van der Waals surface area (Å²) in [5.41, 5.74) is 7.01. The van der Waals surface area contributed by atoms with Crippen molar-refractivity contribution in [1.82, 2.24) is 0 Å². The van der Waals surface area contributed by atoms with Crippen molar-refractivity contribution < 1.29 is 14.3 Å². The lowest BCUT2D eigenvalue weighted by molar-refractivity contribution is -0.124. The van der Waals surface area contributed by atoms with Crippen molar-refractivity contribution in [3.63, 3.8) is 0 Å². The quantitative estimate of drug-likeness (QED) is 0.866. The number of aryl methyl sites for hydroxylation is 1. The molecule has 104 valence electrons. The van der Waals surface area contributed by atoms with Crippen LogP contribution in [0.2, 0.25) is 0 Å². The lowest BCUT2D eigenvalue weighted by atomic mass is 9.90. The van der Waals surface area contributed by atoms with Gasteiger partial charge in [0.25, 0.3) is 0 Å². The molecule has 0 saturated carbocycles. The van der Waals surface area contributed by atoms with E-state index in [1.807, 2.05) is 25.1 Å². The van der Waals surface area contributed by atoms with Gasteiger partial charge in [-0.15, -0.1) is 0 Å². The zero-order chi connectivity index (χ0) is 13.9. The molecule has 0 aromatic heterocycles. The molecule has 1 aliphatic rings. The van der Waals surface area contributed by atoms with Crippen LogP contribution in [0.5, 0.6) is 5.75 Å². The number of carbonyl (C=O) groups is 1. The molecule has 0 bridgehead atoms. The van der Waals surface area contributed by atoms with Crippen molar-refractivity contribution >= 4 is 11.6 Å². The second kappa shape index (κ2) is 5.59. The number of methoxy groups -OCH3 is 1. The molecule has 0 aliphatic carbocycles. The number of hydrogen-bond acceptors (Lipinski definition) is 4. The van der Waals surface area contributed by atoms with Crippen LogP contribution in [0.1, 0.15) is 18.4 Å². The standard InChI is InChI=1S/C14H20N2O3/c1-10-3-4-11(12(9-10)18-2)16-13(17)14(15)5-7-19-8-6-14/h3-4,9H,5-8,15H2,1-2H3,(H,16,17). The molecule has 0 radical (unpaired) electrons. The SMILES string of the molecule is COc1cc(C)ccc1NC(=O)C1(N)CCOCC1. The summed E-state index contributed by atoms with van der Waals surface area (Å²) in [4.78, 5) is 12.3. The van der Waals surface area contributed by atoms with Crippen LogP contribution in [0, 0.1) is 6.92 Å². The highest BCUT2D eigenvalue weighted by Gasteiger charge is 2.36. The largest absolute Gasteiger partial charge is 0.495 e. The number of hydrogen-bond donors (Lipinski definition) is 2. The van der Waals surface area contributed by atoms with Crippen molar-refractivity contribution in [2.24, 2.45) is 5.73 Å². The third-order valence-electron chi connectivity index (χ3n) is 3.44. The van der Waals surface area contributed by atoms with Gasteiger partial charge in [0.05, 0.1) is 12.8 Å². The van der Waals surface area contributed by atoms with E-state index >= 15 is 0 Å². The fourth-order valence-electron chi connectivity index (χ4n) is 2.11. The maximum Gasteiger partial charge on any atom is 0.244 e. The Kier molecular flexibility index (Phi) is 4.07. The third kappa shape index (κ3) is 3.05. The Morgan fingerprint density at radius 2 is 2.11 bits per heavy atom. The van der Waals surface area contributed by atoms with Crippen LogP contribution in [-0.4, -0.2) is 31.8 Å². The van der Waals surface area contributed by atoms with Crippen LogP contribution in [0.15, 0.2) is 18.2 Å². The number of anilines is 1. The van der Waals surface area contributed by atoms with Gasteiger partial charge in [0.2, 0.25) is 5.91 Å². The molecule has 1 amide bonds. The van der Waals surface area contributed by atoms with Crippen LogP contribution in [-0.2, 0) is 9.53 Å². The molecule has 1 aromatic carbocycles. The van der Waals surface area contributed by atoms with Gasteiger partial charge in [-0.2, -0.15) is 0 Å². The molecule has 1 fully saturated rings. The summed E-state index contributed by atoms with van der Waals surface area (Å²) in [6, 6.07) is 5.63. The average molecular weight is 264 g/mol. The predicted molar refractivity (Wildman–Crippen MR) is 73.3 cm³/mol. The van der Waals surface area contributed by atoms with E-state index in [1.54, 1.807) is 7.11 Å². The molecule has 0 unspecified atom stereocenters. The van der Waals surface area contributed by atoms with Gasteiger partial charge in [0, 0.05) is 13.2 Å². The predicted octanol–water partition coefficient (Wildman–Crippen LogP) is 1.45. The monoisotopic (exact) mass is 264 g/mol.